The second kappa shape index (κ2) is 8.07. The van der Waals surface area contributed by atoms with Crippen LogP contribution in [0.3, 0.4) is 0 Å². The number of anilines is 1. The van der Waals surface area contributed by atoms with Gasteiger partial charge in [-0.2, -0.15) is 0 Å². The smallest absolute Gasteiger partial charge is 0.230 e. The van der Waals surface area contributed by atoms with Crippen molar-refractivity contribution in [3.63, 3.8) is 0 Å². The lowest BCUT2D eigenvalue weighted by molar-refractivity contribution is -0.119. The second-order valence-corrected chi connectivity index (χ2v) is 7.15. The molecule has 1 N–H and O–H groups in total. The molecule has 0 spiro atoms. The van der Waals surface area contributed by atoms with Crippen molar-refractivity contribution in [3.8, 4) is 0 Å². The van der Waals surface area contributed by atoms with Gasteiger partial charge in [0.05, 0.1) is 5.92 Å². The zero-order valence-corrected chi connectivity index (χ0v) is 15.3. The molecule has 0 radical (unpaired) electrons. The molecule has 3 aromatic rings. The van der Waals surface area contributed by atoms with Crippen molar-refractivity contribution in [3.05, 3.63) is 65.2 Å². The predicted molar refractivity (Wildman–Crippen MR) is 101 cm³/mol. The van der Waals surface area contributed by atoms with Crippen LogP contribution in [0.25, 0.3) is 0 Å². The van der Waals surface area contributed by atoms with Crippen LogP contribution < -0.4 is 5.32 Å². The minimum atomic E-state index is -0.152. The van der Waals surface area contributed by atoms with Crippen molar-refractivity contribution in [2.75, 3.05) is 5.32 Å². The van der Waals surface area contributed by atoms with Gasteiger partial charge in [0.2, 0.25) is 5.91 Å². The van der Waals surface area contributed by atoms with Gasteiger partial charge in [-0.1, -0.05) is 44.2 Å². The van der Waals surface area contributed by atoms with Gasteiger partial charge in [0, 0.05) is 42.9 Å². The first-order valence-electron chi connectivity index (χ1n) is 8.45. The molecule has 0 aliphatic carbocycles. The Bertz CT molecular complexity index is 825. The van der Waals surface area contributed by atoms with Gasteiger partial charge in [0.15, 0.2) is 5.13 Å². The number of carbonyl (C=O) groups excluding carboxylic acids is 1. The fraction of sp³-hybridized carbons (Fsp3) is 0.316. The lowest BCUT2D eigenvalue weighted by Gasteiger charge is -2.13. The van der Waals surface area contributed by atoms with Crippen molar-refractivity contribution in [2.45, 2.75) is 33.2 Å². The molecule has 0 aliphatic rings. The van der Waals surface area contributed by atoms with Crippen LogP contribution >= 0.6 is 11.3 Å². The summed E-state index contributed by atoms with van der Waals surface area (Å²) in [6.45, 7) is 4.61. The van der Waals surface area contributed by atoms with Crippen LogP contribution in [0, 0.1) is 5.92 Å². The molecule has 1 amide bonds. The normalized spacial score (nSPS) is 12.1. The quantitative estimate of drug-likeness (QED) is 0.703. The summed E-state index contributed by atoms with van der Waals surface area (Å²) in [5.74, 6) is 0.830. The molecule has 0 aliphatic heterocycles. The maximum atomic E-state index is 12.4. The Morgan fingerprint density at radius 1 is 1.28 bits per heavy atom. The summed E-state index contributed by atoms with van der Waals surface area (Å²) in [6, 6.07) is 10.3. The minimum absolute atomic E-state index is 0.0173. The molecule has 0 bridgehead atoms. The van der Waals surface area contributed by atoms with Crippen LogP contribution in [0.1, 0.15) is 30.1 Å². The van der Waals surface area contributed by atoms with Gasteiger partial charge in [-0.3, -0.25) is 4.79 Å². The van der Waals surface area contributed by atoms with Gasteiger partial charge in [-0.05, 0) is 5.56 Å². The molecule has 5 nitrogen and oxygen atoms in total. The van der Waals surface area contributed by atoms with E-state index in [1.807, 2.05) is 42.1 Å². The molecule has 2 heterocycles. The molecule has 0 unspecified atom stereocenters. The summed E-state index contributed by atoms with van der Waals surface area (Å²) in [6.07, 6.45) is 7.22. The largest absolute Gasteiger partial charge is 0.334 e. The first-order valence-corrected chi connectivity index (χ1v) is 9.27. The van der Waals surface area contributed by atoms with Crippen LogP contribution in [0.4, 0.5) is 5.13 Å². The zero-order valence-electron chi connectivity index (χ0n) is 14.5. The van der Waals surface area contributed by atoms with Crippen molar-refractivity contribution in [2.24, 2.45) is 5.92 Å². The number of hydrogen-bond donors (Lipinski definition) is 1. The van der Waals surface area contributed by atoms with Crippen LogP contribution in [0.5, 0.6) is 0 Å². The number of aryl methyl sites for hydroxylation is 1. The molecule has 0 saturated heterocycles. The predicted octanol–water partition coefficient (Wildman–Crippen LogP) is 3.77. The third-order valence-electron chi connectivity index (χ3n) is 4.04. The fourth-order valence-electron chi connectivity index (χ4n) is 2.67. The summed E-state index contributed by atoms with van der Waals surface area (Å²) in [5.41, 5.74) is 1.24. The Hall–Kier alpha value is -2.47. The van der Waals surface area contributed by atoms with E-state index in [1.54, 1.807) is 6.20 Å². The van der Waals surface area contributed by atoms with E-state index in [2.05, 4.69) is 34.3 Å². The number of aromatic nitrogens is 3. The monoisotopic (exact) mass is 354 g/mol. The third kappa shape index (κ3) is 4.54. The van der Waals surface area contributed by atoms with Crippen molar-refractivity contribution < 1.29 is 4.79 Å². The van der Waals surface area contributed by atoms with Gasteiger partial charge in [-0.15, -0.1) is 11.3 Å². The van der Waals surface area contributed by atoms with Crippen LogP contribution in [-0.4, -0.2) is 20.4 Å². The Labute approximate surface area is 151 Å². The summed E-state index contributed by atoms with van der Waals surface area (Å²) >= 11 is 1.53. The van der Waals surface area contributed by atoms with E-state index in [-0.39, 0.29) is 11.8 Å². The molecule has 0 fully saturated rings. The number of thiazole rings is 1. The number of rotatable bonds is 7. The highest BCUT2D eigenvalue weighted by molar-refractivity contribution is 7.15. The van der Waals surface area contributed by atoms with E-state index in [0.29, 0.717) is 11.7 Å². The van der Waals surface area contributed by atoms with Gasteiger partial charge in [-0.25, -0.2) is 9.97 Å². The summed E-state index contributed by atoms with van der Waals surface area (Å²) in [4.78, 5) is 22.2. The first kappa shape index (κ1) is 17.4. The number of imidazole rings is 1. The molecular weight excluding hydrogens is 332 g/mol. The van der Waals surface area contributed by atoms with E-state index in [0.717, 1.165) is 23.5 Å². The van der Waals surface area contributed by atoms with E-state index >= 15 is 0 Å². The number of benzene rings is 1. The Morgan fingerprint density at radius 3 is 2.84 bits per heavy atom. The Balaban J connectivity index is 1.57. The van der Waals surface area contributed by atoms with Gasteiger partial charge in [0.1, 0.15) is 5.82 Å². The fourth-order valence-corrected chi connectivity index (χ4v) is 3.52. The lowest BCUT2D eigenvalue weighted by atomic mass is 10.1. The standard InChI is InChI=1S/C19H22N4OS/c1-3-17-20-9-10-23(17)13-14(2)18(24)22-19-21-12-16(25-19)11-15-7-5-4-6-8-15/h4-10,12,14H,3,11,13H2,1-2H3,(H,21,22,24)/t14-/m1/s1. The summed E-state index contributed by atoms with van der Waals surface area (Å²) in [7, 11) is 0. The van der Waals surface area contributed by atoms with E-state index < -0.39 is 0 Å². The molecule has 0 saturated carbocycles. The van der Waals surface area contributed by atoms with Crippen molar-refractivity contribution in [1.82, 2.24) is 14.5 Å². The van der Waals surface area contributed by atoms with Crippen LogP contribution in [0.2, 0.25) is 0 Å². The highest BCUT2D eigenvalue weighted by Gasteiger charge is 2.16. The van der Waals surface area contributed by atoms with E-state index in [1.165, 1.54) is 16.9 Å². The number of carbonyl (C=O) groups is 1. The molecule has 3 rings (SSSR count). The van der Waals surface area contributed by atoms with E-state index in [4.69, 9.17) is 0 Å². The number of nitrogens with one attached hydrogen (secondary N) is 1. The van der Waals surface area contributed by atoms with Gasteiger partial charge < -0.3 is 9.88 Å². The van der Waals surface area contributed by atoms with Gasteiger partial charge in [0.25, 0.3) is 0 Å². The summed E-state index contributed by atoms with van der Waals surface area (Å²) < 4.78 is 2.03. The number of hydrogen-bond acceptors (Lipinski definition) is 4. The third-order valence-corrected chi connectivity index (χ3v) is 4.95. The average molecular weight is 354 g/mol. The van der Waals surface area contributed by atoms with Crippen molar-refractivity contribution >= 4 is 22.4 Å². The number of nitrogens with zero attached hydrogens (tertiary/aromatic N) is 3. The molecule has 6 heteroatoms. The molecule has 1 aromatic carbocycles. The first-order chi connectivity index (χ1) is 12.2. The van der Waals surface area contributed by atoms with Gasteiger partial charge >= 0.3 is 0 Å². The van der Waals surface area contributed by atoms with Crippen LogP contribution in [-0.2, 0) is 24.2 Å². The highest BCUT2D eigenvalue weighted by atomic mass is 32.1. The maximum Gasteiger partial charge on any atom is 0.230 e. The zero-order chi connectivity index (χ0) is 17.6. The Morgan fingerprint density at radius 2 is 2.08 bits per heavy atom. The molecule has 130 valence electrons. The highest BCUT2D eigenvalue weighted by Crippen LogP contribution is 2.22. The molecule has 25 heavy (non-hydrogen) atoms. The van der Waals surface area contributed by atoms with Crippen molar-refractivity contribution in [1.29, 1.82) is 0 Å². The summed E-state index contributed by atoms with van der Waals surface area (Å²) in [5, 5.41) is 3.59. The number of amides is 1. The minimum Gasteiger partial charge on any atom is -0.334 e. The van der Waals surface area contributed by atoms with E-state index in [9.17, 15) is 4.79 Å². The molecule has 2 aromatic heterocycles. The second-order valence-electron chi connectivity index (χ2n) is 6.03. The topological polar surface area (TPSA) is 59.8 Å². The SMILES string of the molecule is CCc1nccn1C[C@@H](C)C(=O)Nc1ncc(Cc2ccccc2)s1. The lowest BCUT2D eigenvalue weighted by Crippen LogP contribution is -2.24. The molecular formula is C19H22N4OS. The Kier molecular flexibility index (Phi) is 5.60. The average Bonchev–Trinajstić information content (AvgIpc) is 3.25. The maximum absolute atomic E-state index is 12.4. The molecule has 1 atom stereocenters. The van der Waals surface area contributed by atoms with Crippen LogP contribution in [0.15, 0.2) is 48.9 Å².